The molecule has 0 aromatic heterocycles. The first-order valence-electron chi connectivity index (χ1n) is 4.58. The number of Topliss-reactive ketones (excluding diaryl/α,β-unsaturated/α-hetero) is 1. The third-order valence-electron chi connectivity index (χ3n) is 2.17. The Morgan fingerprint density at radius 2 is 2.14 bits per heavy atom. The normalized spacial score (nSPS) is 12.2. The van der Waals surface area contributed by atoms with Crippen molar-refractivity contribution in [3.05, 3.63) is 29.8 Å². The molecule has 14 heavy (non-hydrogen) atoms. The summed E-state index contributed by atoms with van der Waals surface area (Å²) in [6.07, 6.45) is 0. The van der Waals surface area contributed by atoms with Gasteiger partial charge in [-0.05, 0) is 12.1 Å². The van der Waals surface area contributed by atoms with E-state index in [2.05, 4.69) is 0 Å². The molecule has 0 aliphatic carbocycles. The van der Waals surface area contributed by atoms with Crippen molar-refractivity contribution in [3.63, 3.8) is 0 Å². The summed E-state index contributed by atoms with van der Waals surface area (Å²) >= 11 is 0. The summed E-state index contributed by atoms with van der Waals surface area (Å²) in [6.45, 7) is 2.17. The van der Waals surface area contributed by atoms with Crippen molar-refractivity contribution in [3.8, 4) is 5.75 Å². The van der Waals surface area contributed by atoms with E-state index in [1.54, 1.807) is 19.2 Å². The molecule has 0 spiro atoms. The van der Waals surface area contributed by atoms with Crippen molar-refractivity contribution >= 4 is 5.78 Å². The third-order valence-corrected chi connectivity index (χ3v) is 2.17. The number of carbonyl (C=O) groups excluding carboxylic acids is 1. The van der Waals surface area contributed by atoms with Gasteiger partial charge >= 0.3 is 0 Å². The Morgan fingerprint density at radius 3 is 2.71 bits per heavy atom. The zero-order valence-electron chi connectivity index (χ0n) is 8.49. The van der Waals surface area contributed by atoms with E-state index in [0.29, 0.717) is 17.9 Å². The van der Waals surface area contributed by atoms with Crippen LogP contribution in [0.4, 0.5) is 0 Å². The molecule has 0 saturated carbocycles. The molecule has 3 nitrogen and oxygen atoms in total. The predicted molar refractivity (Wildman–Crippen MR) is 55.5 cm³/mol. The average molecular weight is 193 g/mol. The summed E-state index contributed by atoms with van der Waals surface area (Å²) in [4.78, 5) is 11.8. The second kappa shape index (κ2) is 4.77. The van der Waals surface area contributed by atoms with Gasteiger partial charge in [-0.2, -0.15) is 0 Å². The molecule has 1 rings (SSSR count). The van der Waals surface area contributed by atoms with Gasteiger partial charge < -0.3 is 10.5 Å². The van der Waals surface area contributed by atoms with Crippen LogP contribution >= 0.6 is 0 Å². The number of hydrogen-bond donors (Lipinski definition) is 1. The molecule has 1 aromatic rings. The zero-order chi connectivity index (χ0) is 10.6. The molecule has 0 bridgehead atoms. The fraction of sp³-hybridized carbons (Fsp3) is 0.364. The van der Waals surface area contributed by atoms with Gasteiger partial charge in [-0.3, -0.25) is 4.79 Å². The highest BCUT2D eigenvalue weighted by molar-refractivity contribution is 6.00. The summed E-state index contributed by atoms with van der Waals surface area (Å²) in [5, 5.41) is 0. The molecule has 76 valence electrons. The number of ketones is 1. The lowest BCUT2D eigenvalue weighted by Gasteiger charge is -2.10. The van der Waals surface area contributed by atoms with Gasteiger partial charge in [0.1, 0.15) is 5.75 Å². The maximum absolute atomic E-state index is 11.8. The first-order chi connectivity index (χ1) is 6.70. The van der Waals surface area contributed by atoms with Crippen molar-refractivity contribution < 1.29 is 9.53 Å². The van der Waals surface area contributed by atoms with Crippen LogP contribution in [0.2, 0.25) is 0 Å². The van der Waals surface area contributed by atoms with Crippen LogP contribution in [0.1, 0.15) is 17.3 Å². The van der Waals surface area contributed by atoms with E-state index in [1.807, 2.05) is 19.1 Å². The predicted octanol–water partition coefficient (Wildman–Crippen LogP) is 1.47. The standard InChI is InChI=1S/C11H15NO2/c1-8(7-12)11(13)9-5-3-4-6-10(9)14-2/h3-6,8H,7,12H2,1-2H3. The monoisotopic (exact) mass is 193 g/mol. The van der Waals surface area contributed by atoms with E-state index in [1.165, 1.54) is 0 Å². The van der Waals surface area contributed by atoms with Crippen LogP contribution in [0, 0.1) is 5.92 Å². The average Bonchev–Trinajstić information content (AvgIpc) is 2.26. The van der Waals surface area contributed by atoms with Gasteiger partial charge in [-0.25, -0.2) is 0 Å². The lowest BCUT2D eigenvalue weighted by atomic mass is 9.99. The van der Waals surface area contributed by atoms with E-state index >= 15 is 0 Å². The number of ether oxygens (including phenoxy) is 1. The number of para-hydroxylation sites is 1. The number of rotatable bonds is 4. The molecule has 1 aromatic carbocycles. The SMILES string of the molecule is COc1ccccc1C(=O)C(C)CN. The number of carbonyl (C=O) groups is 1. The van der Waals surface area contributed by atoms with Gasteiger partial charge in [0.25, 0.3) is 0 Å². The minimum absolute atomic E-state index is 0.0324. The summed E-state index contributed by atoms with van der Waals surface area (Å²) in [5.74, 6) is 0.481. The Labute approximate surface area is 83.9 Å². The third kappa shape index (κ3) is 2.12. The Morgan fingerprint density at radius 1 is 1.50 bits per heavy atom. The van der Waals surface area contributed by atoms with Crippen LogP contribution in [0.15, 0.2) is 24.3 Å². The largest absolute Gasteiger partial charge is 0.496 e. The van der Waals surface area contributed by atoms with Crippen molar-refractivity contribution in [1.82, 2.24) is 0 Å². The Balaban J connectivity index is 3.00. The van der Waals surface area contributed by atoms with Gasteiger partial charge in [0.15, 0.2) is 5.78 Å². The Bertz CT molecular complexity index is 323. The molecule has 0 aliphatic heterocycles. The van der Waals surface area contributed by atoms with Crippen LogP contribution in [-0.2, 0) is 0 Å². The highest BCUT2D eigenvalue weighted by Gasteiger charge is 2.16. The number of hydrogen-bond acceptors (Lipinski definition) is 3. The highest BCUT2D eigenvalue weighted by Crippen LogP contribution is 2.20. The summed E-state index contributed by atoms with van der Waals surface area (Å²) in [7, 11) is 1.55. The molecular formula is C11H15NO2. The number of nitrogens with two attached hydrogens (primary N) is 1. The van der Waals surface area contributed by atoms with Crippen molar-refractivity contribution in [2.75, 3.05) is 13.7 Å². The first-order valence-corrected chi connectivity index (χ1v) is 4.58. The second-order valence-electron chi connectivity index (χ2n) is 3.20. The van der Waals surface area contributed by atoms with Gasteiger partial charge in [-0.1, -0.05) is 19.1 Å². The molecular weight excluding hydrogens is 178 g/mol. The van der Waals surface area contributed by atoms with E-state index in [-0.39, 0.29) is 11.7 Å². The van der Waals surface area contributed by atoms with Crippen LogP contribution in [0.25, 0.3) is 0 Å². The van der Waals surface area contributed by atoms with Crippen molar-refractivity contribution in [2.45, 2.75) is 6.92 Å². The van der Waals surface area contributed by atoms with Gasteiger partial charge in [0, 0.05) is 12.5 Å². The van der Waals surface area contributed by atoms with Gasteiger partial charge in [0.05, 0.1) is 12.7 Å². The van der Waals surface area contributed by atoms with Crippen molar-refractivity contribution in [2.24, 2.45) is 11.7 Å². The molecule has 0 saturated heterocycles. The summed E-state index contributed by atoms with van der Waals surface area (Å²) in [6, 6.07) is 7.19. The molecule has 0 fully saturated rings. The van der Waals surface area contributed by atoms with E-state index < -0.39 is 0 Å². The lowest BCUT2D eigenvalue weighted by Crippen LogP contribution is -2.21. The molecule has 3 heteroatoms. The topological polar surface area (TPSA) is 52.3 Å². The van der Waals surface area contributed by atoms with E-state index in [9.17, 15) is 4.79 Å². The second-order valence-corrected chi connectivity index (χ2v) is 3.20. The number of methoxy groups -OCH3 is 1. The molecule has 2 N–H and O–H groups in total. The molecule has 0 aliphatic rings. The molecule has 0 heterocycles. The highest BCUT2D eigenvalue weighted by atomic mass is 16.5. The zero-order valence-corrected chi connectivity index (χ0v) is 8.49. The fourth-order valence-electron chi connectivity index (χ4n) is 1.22. The maximum Gasteiger partial charge on any atom is 0.170 e. The van der Waals surface area contributed by atoms with Crippen molar-refractivity contribution in [1.29, 1.82) is 0 Å². The van der Waals surface area contributed by atoms with E-state index in [4.69, 9.17) is 10.5 Å². The number of benzene rings is 1. The molecule has 1 unspecified atom stereocenters. The van der Waals surface area contributed by atoms with Crippen LogP contribution < -0.4 is 10.5 Å². The fourth-order valence-corrected chi connectivity index (χ4v) is 1.22. The molecule has 1 atom stereocenters. The van der Waals surface area contributed by atoms with E-state index in [0.717, 1.165) is 0 Å². The van der Waals surface area contributed by atoms with Gasteiger partial charge in [0.2, 0.25) is 0 Å². The Kier molecular flexibility index (Phi) is 3.65. The minimum atomic E-state index is -0.161. The summed E-state index contributed by atoms with van der Waals surface area (Å²) in [5.41, 5.74) is 6.04. The molecule has 0 radical (unpaired) electrons. The summed E-state index contributed by atoms with van der Waals surface area (Å²) < 4.78 is 5.10. The molecule has 0 amide bonds. The van der Waals surface area contributed by atoms with Crippen LogP contribution in [-0.4, -0.2) is 19.4 Å². The minimum Gasteiger partial charge on any atom is -0.496 e. The van der Waals surface area contributed by atoms with Crippen LogP contribution in [0.5, 0.6) is 5.75 Å². The van der Waals surface area contributed by atoms with Gasteiger partial charge in [-0.15, -0.1) is 0 Å². The Hall–Kier alpha value is -1.35. The van der Waals surface area contributed by atoms with Crippen LogP contribution in [0.3, 0.4) is 0 Å². The maximum atomic E-state index is 11.8. The first kappa shape index (κ1) is 10.7. The smallest absolute Gasteiger partial charge is 0.170 e. The quantitative estimate of drug-likeness (QED) is 0.737. The lowest BCUT2D eigenvalue weighted by molar-refractivity contribution is 0.0931.